The van der Waals surface area contributed by atoms with Gasteiger partial charge in [-0.25, -0.2) is 9.78 Å². The summed E-state index contributed by atoms with van der Waals surface area (Å²) in [6.45, 7) is 1.84. The summed E-state index contributed by atoms with van der Waals surface area (Å²) in [4.78, 5) is 20.0. The predicted molar refractivity (Wildman–Crippen MR) is 63.7 cm³/mol. The monoisotopic (exact) mass is 298 g/mol. The van der Waals surface area contributed by atoms with Gasteiger partial charge >= 0.3 is 5.97 Å². The van der Waals surface area contributed by atoms with Gasteiger partial charge in [-0.1, -0.05) is 0 Å². The van der Waals surface area contributed by atoms with Crippen molar-refractivity contribution in [3.05, 3.63) is 39.0 Å². The van der Waals surface area contributed by atoms with Gasteiger partial charge in [-0.2, -0.15) is 0 Å². The van der Waals surface area contributed by atoms with Gasteiger partial charge in [0.15, 0.2) is 5.75 Å². The van der Waals surface area contributed by atoms with Crippen molar-refractivity contribution in [2.45, 2.75) is 6.92 Å². The van der Waals surface area contributed by atoms with Crippen LogP contribution >= 0.6 is 27.3 Å². The molecule has 16 heavy (non-hydrogen) atoms. The molecule has 0 unspecified atom stereocenters. The Morgan fingerprint density at radius 1 is 1.44 bits per heavy atom. The van der Waals surface area contributed by atoms with Crippen LogP contribution in [0.2, 0.25) is 0 Å². The summed E-state index contributed by atoms with van der Waals surface area (Å²) >= 11 is 4.55. The second-order valence-corrected chi connectivity index (χ2v) is 5.12. The predicted octanol–water partition coefficient (Wildman–Crippen LogP) is 2.83. The fourth-order valence-electron chi connectivity index (χ4n) is 1.06. The lowest BCUT2D eigenvalue weighted by atomic mass is 10.4. The lowest BCUT2D eigenvalue weighted by molar-refractivity contribution is 0.0739. The Bertz CT molecular complexity index is 527. The third-order valence-corrected chi connectivity index (χ3v) is 3.04. The molecule has 6 heteroatoms. The summed E-state index contributed by atoms with van der Waals surface area (Å²) in [6, 6.07) is 1.68. The number of carbonyl (C=O) groups is 1. The average Bonchev–Trinajstić information content (AvgIpc) is 2.65. The molecule has 0 saturated heterocycles. The Morgan fingerprint density at radius 3 is 2.88 bits per heavy atom. The number of thiazole rings is 1. The maximum atomic E-state index is 11.6. The Labute approximate surface area is 104 Å². The van der Waals surface area contributed by atoms with E-state index in [1.54, 1.807) is 12.3 Å². The molecule has 0 saturated carbocycles. The number of rotatable bonds is 2. The van der Waals surface area contributed by atoms with E-state index in [0.717, 1.165) is 9.48 Å². The fraction of sp³-hybridized carbons (Fsp3) is 0.100. The number of hydrogen-bond acceptors (Lipinski definition) is 5. The van der Waals surface area contributed by atoms with E-state index in [9.17, 15) is 4.79 Å². The number of aromatic nitrogens is 2. The molecule has 2 heterocycles. The lowest BCUT2D eigenvalue weighted by Gasteiger charge is -2.01. The molecule has 0 aliphatic rings. The van der Waals surface area contributed by atoms with E-state index in [1.165, 1.54) is 23.7 Å². The average molecular weight is 299 g/mol. The van der Waals surface area contributed by atoms with E-state index >= 15 is 0 Å². The van der Waals surface area contributed by atoms with Crippen molar-refractivity contribution in [1.29, 1.82) is 0 Å². The number of halogens is 1. The topological polar surface area (TPSA) is 52.1 Å². The zero-order chi connectivity index (χ0) is 11.5. The molecule has 2 rings (SSSR count). The third kappa shape index (κ3) is 2.65. The van der Waals surface area contributed by atoms with Crippen molar-refractivity contribution in [1.82, 2.24) is 9.97 Å². The summed E-state index contributed by atoms with van der Waals surface area (Å²) in [6.07, 6.45) is 4.61. The van der Waals surface area contributed by atoms with Gasteiger partial charge in [-0.05, 0) is 28.9 Å². The first-order chi connectivity index (χ1) is 7.65. The van der Waals surface area contributed by atoms with Crippen LogP contribution in [0.5, 0.6) is 5.75 Å². The Balaban J connectivity index is 2.13. The quantitative estimate of drug-likeness (QED) is 0.800. The van der Waals surface area contributed by atoms with Crippen molar-refractivity contribution < 1.29 is 9.53 Å². The first-order valence-electron chi connectivity index (χ1n) is 4.40. The second kappa shape index (κ2) is 4.71. The van der Waals surface area contributed by atoms with Gasteiger partial charge in [0.2, 0.25) is 0 Å². The van der Waals surface area contributed by atoms with Crippen LogP contribution in [-0.2, 0) is 0 Å². The molecule has 0 N–H and O–H groups in total. The highest BCUT2D eigenvalue weighted by Crippen LogP contribution is 2.19. The molecule has 2 aromatic rings. The highest BCUT2D eigenvalue weighted by molar-refractivity contribution is 9.10. The van der Waals surface area contributed by atoms with E-state index in [-0.39, 0.29) is 0 Å². The number of hydrogen-bond donors (Lipinski definition) is 0. The molecular weight excluding hydrogens is 292 g/mol. The van der Waals surface area contributed by atoms with Crippen LogP contribution in [0.15, 0.2) is 29.1 Å². The van der Waals surface area contributed by atoms with Crippen molar-refractivity contribution in [2.24, 2.45) is 0 Å². The van der Waals surface area contributed by atoms with Gasteiger partial charge in [0.25, 0.3) is 0 Å². The number of pyridine rings is 1. The first kappa shape index (κ1) is 11.2. The molecule has 4 nitrogen and oxygen atoms in total. The standard InChI is InChI=1S/C10H7BrN2O2S/c1-6-13-5-9(16-6)10(14)15-8-2-7(11)3-12-4-8/h2-5H,1H3. The number of ether oxygens (including phenoxy) is 1. The van der Waals surface area contributed by atoms with E-state index in [4.69, 9.17) is 4.74 Å². The minimum absolute atomic E-state index is 0.408. The zero-order valence-corrected chi connectivity index (χ0v) is 10.7. The van der Waals surface area contributed by atoms with E-state index in [2.05, 4.69) is 25.9 Å². The van der Waals surface area contributed by atoms with Gasteiger partial charge in [0.1, 0.15) is 4.88 Å². The molecule has 0 amide bonds. The molecule has 0 bridgehead atoms. The normalized spacial score (nSPS) is 10.1. The molecule has 82 valence electrons. The largest absolute Gasteiger partial charge is 0.421 e. The molecule has 0 radical (unpaired) electrons. The number of carbonyl (C=O) groups excluding carboxylic acids is 1. The van der Waals surface area contributed by atoms with Crippen LogP contribution in [0.3, 0.4) is 0 Å². The molecule has 0 aromatic carbocycles. The van der Waals surface area contributed by atoms with Crippen LogP contribution in [-0.4, -0.2) is 15.9 Å². The molecule has 2 aromatic heterocycles. The number of aryl methyl sites for hydroxylation is 1. The molecule has 0 spiro atoms. The molecule has 0 aliphatic heterocycles. The van der Waals surface area contributed by atoms with Crippen molar-refractivity contribution in [3.8, 4) is 5.75 Å². The number of esters is 1. The van der Waals surface area contributed by atoms with E-state index in [0.29, 0.717) is 10.6 Å². The van der Waals surface area contributed by atoms with Gasteiger partial charge < -0.3 is 4.74 Å². The number of nitrogens with zero attached hydrogens (tertiary/aromatic N) is 2. The summed E-state index contributed by atoms with van der Waals surface area (Å²) in [7, 11) is 0. The van der Waals surface area contributed by atoms with Crippen LogP contribution in [0.25, 0.3) is 0 Å². The summed E-state index contributed by atoms with van der Waals surface area (Å²) in [5, 5.41) is 0.833. The summed E-state index contributed by atoms with van der Waals surface area (Å²) in [5.41, 5.74) is 0. The maximum Gasteiger partial charge on any atom is 0.355 e. The van der Waals surface area contributed by atoms with Crippen LogP contribution < -0.4 is 4.74 Å². The summed E-state index contributed by atoms with van der Waals surface area (Å²) < 4.78 is 5.90. The van der Waals surface area contributed by atoms with E-state index in [1.807, 2.05) is 6.92 Å². The Hall–Kier alpha value is -1.27. The maximum absolute atomic E-state index is 11.6. The second-order valence-electron chi connectivity index (χ2n) is 2.97. The molecule has 0 atom stereocenters. The smallest absolute Gasteiger partial charge is 0.355 e. The third-order valence-electron chi connectivity index (χ3n) is 1.71. The fourth-order valence-corrected chi connectivity index (χ4v) is 2.06. The van der Waals surface area contributed by atoms with Gasteiger partial charge in [0.05, 0.1) is 17.4 Å². The van der Waals surface area contributed by atoms with Crippen molar-refractivity contribution in [3.63, 3.8) is 0 Å². The highest BCUT2D eigenvalue weighted by Gasteiger charge is 2.11. The van der Waals surface area contributed by atoms with Crippen LogP contribution in [0.4, 0.5) is 0 Å². The van der Waals surface area contributed by atoms with E-state index < -0.39 is 5.97 Å². The lowest BCUT2D eigenvalue weighted by Crippen LogP contribution is -2.06. The molecule has 0 aliphatic carbocycles. The summed E-state index contributed by atoms with van der Waals surface area (Å²) in [5.74, 6) is -0.00377. The molecular formula is C10H7BrN2O2S. The van der Waals surface area contributed by atoms with Crippen molar-refractivity contribution in [2.75, 3.05) is 0 Å². The van der Waals surface area contributed by atoms with Gasteiger partial charge in [-0.3, -0.25) is 4.98 Å². The highest BCUT2D eigenvalue weighted by atomic mass is 79.9. The minimum Gasteiger partial charge on any atom is -0.421 e. The van der Waals surface area contributed by atoms with Crippen LogP contribution in [0.1, 0.15) is 14.7 Å². The van der Waals surface area contributed by atoms with Crippen LogP contribution in [0, 0.1) is 6.92 Å². The minimum atomic E-state index is -0.412. The first-order valence-corrected chi connectivity index (χ1v) is 6.01. The van der Waals surface area contributed by atoms with Gasteiger partial charge in [-0.15, -0.1) is 11.3 Å². The Morgan fingerprint density at radius 2 is 2.25 bits per heavy atom. The van der Waals surface area contributed by atoms with Gasteiger partial charge in [0, 0.05) is 10.7 Å². The zero-order valence-electron chi connectivity index (χ0n) is 8.31. The Kier molecular flexibility index (Phi) is 3.31. The SMILES string of the molecule is Cc1ncc(C(=O)Oc2cncc(Br)c2)s1. The van der Waals surface area contributed by atoms with Crippen molar-refractivity contribution >= 4 is 33.2 Å². The molecule has 0 fully saturated rings.